The van der Waals surface area contributed by atoms with Crippen LogP contribution < -0.4 is 9.46 Å². The van der Waals surface area contributed by atoms with E-state index in [9.17, 15) is 13.2 Å². The summed E-state index contributed by atoms with van der Waals surface area (Å²) in [6, 6.07) is 24.8. The SMILES string of the molecule is O=C(Oc1ccc(NS(=O)(=O)c2ccc(Cl)cc2)c2ccccc12)c1ccccc1. The number of hydrogen-bond acceptors (Lipinski definition) is 4. The number of rotatable bonds is 5. The Balaban J connectivity index is 1.69. The Bertz CT molecular complexity index is 1320. The van der Waals surface area contributed by atoms with Crippen LogP contribution in [0.3, 0.4) is 0 Å². The number of sulfonamides is 1. The highest BCUT2D eigenvalue weighted by atomic mass is 35.5. The lowest BCUT2D eigenvalue weighted by atomic mass is 10.1. The minimum atomic E-state index is -3.82. The first kappa shape index (κ1) is 19.9. The summed E-state index contributed by atoms with van der Waals surface area (Å²) in [4.78, 5) is 12.5. The van der Waals surface area contributed by atoms with E-state index in [-0.39, 0.29) is 4.90 Å². The van der Waals surface area contributed by atoms with Gasteiger partial charge in [-0.25, -0.2) is 13.2 Å². The fraction of sp³-hybridized carbons (Fsp3) is 0. The van der Waals surface area contributed by atoms with E-state index in [2.05, 4.69) is 4.72 Å². The van der Waals surface area contributed by atoms with Crippen LogP contribution in [0.5, 0.6) is 5.75 Å². The highest BCUT2D eigenvalue weighted by Crippen LogP contribution is 2.33. The molecule has 0 atom stereocenters. The Labute approximate surface area is 178 Å². The fourth-order valence-corrected chi connectivity index (χ4v) is 4.21. The van der Waals surface area contributed by atoms with E-state index in [4.69, 9.17) is 16.3 Å². The summed E-state index contributed by atoms with van der Waals surface area (Å²) < 4.78 is 33.7. The first-order valence-electron chi connectivity index (χ1n) is 9.01. The van der Waals surface area contributed by atoms with Crippen LogP contribution in [0.25, 0.3) is 10.8 Å². The molecule has 0 saturated carbocycles. The van der Waals surface area contributed by atoms with Gasteiger partial charge in [-0.2, -0.15) is 0 Å². The Morgan fingerprint density at radius 3 is 2.10 bits per heavy atom. The number of carbonyl (C=O) groups excluding carboxylic acids is 1. The van der Waals surface area contributed by atoms with Gasteiger partial charge in [-0.15, -0.1) is 0 Å². The predicted molar refractivity (Wildman–Crippen MR) is 118 cm³/mol. The van der Waals surface area contributed by atoms with Gasteiger partial charge in [-0.05, 0) is 48.5 Å². The second-order valence-corrected chi connectivity index (χ2v) is 8.59. The van der Waals surface area contributed by atoms with Crippen molar-refractivity contribution in [2.24, 2.45) is 0 Å². The molecule has 0 amide bonds. The van der Waals surface area contributed by atoms with Crippen LogP contribution in [0.2, 0.25) is 5.02 Å². The summed E-state index contributed by atoms with van der Waals surface area (Å²) in [5.74, 6) is -0.149. The zero-order valence-electron chi connectivity index (χ0n) is 15.6. The maximum absolute atomic E-state index is 12.8. The minimum absolute atomic E-state index is 0.0931. The molecule has 0 fully saturated rings. The van der Waals surface area contributed by atoms with Crippen molar-refractivity contribution in [3.63, 3.8) is 0 Å². The number of benzene rings is 4. The van der Waals surface area contributed by atoms with Crippen molar-refractivity contribution in [2.45, 2.75) is 4.90 Å². The first-order valence-corrected chi connectivity index (χ1v) is 10.9. The van der Waals surface area contributed by atoms with Gasteiger partial charge in [0.15, 0.2) is 0 Å². The molecule has 0 bridgehead atoms. The van der Waals surface area contributed by atoms with Gasteiger partial charge in [-0.3, -0.25) is 4.72 Å². The summed E-state index contributed by atoms with van der Waals surface area (Å²) >= 11 is 5.85. The van der Waals surface area contributed by atoms with Gasteiger partial charge in [0.05, 0.1) is 16.1 Å². The third-order valence-electron chi connectivity index (χ3n) is 4.46. The van der Waals surface area contributed by atoms with Gasteiger partial charge in [0.25, 0.3) is 10.0 Å². The second kappa shape index (κ2) is 8.18. The number of fused-ring (bicyclic) bond motifs is 1. The van der Waals surface area contributed by atoms with Gasteiger partial charge >= 0.3 is 5.97 Å². The maximum Gasteiger partial charge on any atom is 0.343 e. The molecule has 0 aliphatic carbocycles. The van der Waals surface area contributed by atoms with Crippen molar-refractivity contribution in [1.82, 2.24) is 0 Å². The van der Waals surface area contributed by atoms with Crippen LogP contribution in [0.4, 0.5) is 5.69 Å². The smallest absolute Gasteiger partial charge is 0.343 e. The summed E-state index contributed by atoms with van der Waals surface area (Å²) in [6.07, 6.45) is 0. The van der Waals surface area contributed by atoms with Crippen molar-refractivity contribution in [1.29, 1.82) is 0 Å². The first-order chi connectivity index (χ1) is 14.4. The molecule has 0 heterocycles. The van der Waals surface area contributed by atoms with E-state index < -0.39 is 16.0 Å². The molecule has 7 heteroatoms. The summed E-state index contributed by atoms with van der Waals surface area (Å²) in [7, 11) is -3.82. The molecule has 0 aliphatic heterocycles. The average Bonchev–Trinajstić information content (AvgIpc) is 2.76. The molecule has 4 rings (SSSR count). The van der Waals surface area contributed by atoms with E-state index >= 15 is 0 Å². The molecule has 150 valence electrons. The normalized spacial score (nSPS) is 11.2. The lowest BCUT2D eigenvalue weighted by molar-refractivity contribution is 0.0737. The standard InChI is InChI=1S/C23H16ClNO4S/c24-17-10-12-18(13-11-17)30(27,28)25-21-14-15-22(20-9-5-4-8-19(20)21)29-23(26)16-6-2-1-3-7-16/h1-15,25H. The largest absolute Gasteiger partial charge is 0.422 e. The monoisotopic (exact) mass is 437 g/mol. The van der Waals surface area contributed by atoms with E-state index in [1.54, 1.807) is 60.7 Å². The van der Waals surface area contributed by atoms with Crippen LogP contribution >= 0.6 is 11.6 Å². The Morgan fingerprint density at radius 1 is 0.767 bits per heavy atom. The average molecular weight is 438 g/mol. The van der Waals surface area contributed by atoms with Gasteiger partial charge in [0, 0.05) is 15.8 Å². The Morgan fingerprint density at radius 2 is 1.40 bits per heavy atom. The molecule has 1 N–H and O–H groups in total. The lowest BCUT2D eigenvalue weighted by Crippen LogP contribution is -2.13. The summed E-state index contributed by atoms with van der Waals surface area (Å²) in [5.41, 5.74) is 0.800. The van der Waals surface area contributed by atoms with Crippen LogP contribution in [-0.2, 0) is 10.0 Å². The van der Waals surface area contributed by atoms with Gasteiger partial charge in [0.1, 0.15) is 5.75 Å². The summed E-state index contributed by atoms with van der Waals surface area (Å²) in [5, 5.41) is 1.66. The lowest BCUT2D eigenvalue weighted by Gasteiger charge is -2.14. The van der Waals surface area contributed by atoms with Crippen LogP contribution in [-0.4, -0.2) is 14.4 Å². The van der Waals surface area contributed by atoms with E-state index in [0.717, 1.165) is 0 Å². The molecule has 0 spiro atoms. The molecule has 0 aliphatic rings. The maximum atomic E-state index is 12.8. The molecule has 0 saturated heterocycles. The molecule has 0 radical (unpaired) electrons. The molecule has 4 aromatic carbocycles. The van der Waals surface area contributed by atoms with E-state index in [0.29, 0.717) is 32.8 Å². The van der Waals surface area contributed by atoms with Crippen molar-refractivity contribution < 1.29 is 17.9 Å². The fourth-order valence-electron chi connectivity index (χ4n) is 3.00. The highest BCUT2D eigenvalue weighted by molar-refractivity contribution is 7.92. The molecule has 0 unspecified atom stereocenters. The number of carbonyl (C=O) groups is 1. The van der Waals surface area contributed by atoms with Crippen LogP contribution in [0.1, 0.15) is 10.4 Å². The Kier molecular flexibility index (Phi) is 5.44. The topological polar surface area (TPSA) is 72.5 Å². The number of esters is 1. The highest BCUT2D eigenvalue weighted by Gasteiger charge is 2.17. The molecule has 30 heavy (non-hydrogen) atoms. The predicted octanol–water partition coefficient (Wildman–Crippen LogP) is 5.51. The van der Waals surface area contributed by atoms with Crippen LogP contribution in [0, 0.1) is 0 Å². The third kappa shape index (κ3) is 4.15. The molecule has 0 aromatic heterocycles. The van der Waals surface area contributed by atoms with Crippen molar-refractivity contribution >= 4 is 44.1 Å². The zero-order chi connectivity index (χ0) is 21.1. The number of hydrogen-bond donors (Lipinski definition) is 1. The Hall–Kier alpha value is -3.35. The van der Waals surface area contributed by atoms with Gasteiger partial charge in [-0.1, -0.05) is 54.1 Å². The van der Waals surface area contributed by atoms with Crippen molar-refractivity contribution in [3.8, 4) is 5.75 Å². The van der Waals surface area contributed by atoms with Gasteiger partial charge in [0.2, 0.25) is 0 Å². The van der Waals surface area contributed by atoms with Crippen LogP contribution in [0.15, 0.2) is 95.9 Å². The quantitative estimate of drug-likeness (QED) is 0.330. The zero-order valence-corrected chi connectivity index (χ0v) is 17.2. The minimum Gasteiger partial charge on any atom is -0.422 e. The van der Waals surface area contributed by atoms with Gasteiger partial charge < -0.3 is 4.74 Å². The number of halogens is 1. The third-order valence-corrected chi connectivity index (χ3v) is 6.10. The van der Waals surface area contributed by atoms with Crippen molar-refractivity contribution in [2.75, 3.05) is 4.72 Å². The van der Waals surface area contributed by atoms with Crippen molar-refractivity contribution in [3.05, 3.63) is 102 Å². The van der Waals surface area contributed by atoms with E-state index in [1.807, 2.05) is 6.07 Å². The molecular weight excluding hydrogens is 422 g/mol. The van der Waals surface area contributed by atoms with E-state index in [1.165, 1.54) is 24.3 Å². The second-order valence-electron chi connectivity index (χ2n) is 6.47. The molecular formula is C23H16ClNO4S. The molecule has 5 nitrogen and oxygen atoms in total. The number of ether oxygens (including phenoxy) is 1. The summed E-state index contributed by atoms with van der Waals surface area (Å²) in [6.45, 7) is 0. The molecule has 4 aromatic rings. The number of anilines is 1. The number of nitrogens with one attached hydrogen (secondary N) is 1.